The number of halogens is 1. The maximum atomic E-state index is 12.1. The largest absolute Gasteiger partial charge is 0.493 e. The summed E-state index contributed by atoms with van der Waals surface area (Å²) in [6.45, 7) is 1.40. The summed E-state index contributed by atoms with van der Waals surface area (Å²) >= 11 is 5.93. The molecule has 142 valence electrons. The smallest absolute Gasteiger partial charge is 0.335 e. The van der Waals surface area contributed by atoms with Crippen molar-refractivity contribution >= 4 is 35.1 Å². The van der Waals surface area contributed by atoms with Crippen LogP contribution in [0.1, 0.15) is 12.5 Å². The van der Waals surface area contributed by atoms with E-state index in [1.807, 2.05) is 0 Å². The molecule has 28 heavy (non-hydrogen) atoms. The number of aromatic amines is 1. The van der Waals surface area contributed by atoms with Crippen LogP contribution in [-0.4, -0.2) is 26.8 Å². The second-order valence-corrected chi connectivity index (χ2v) is 6.23. The zero-order chi connectivity index (χ0) is 20.3. The summed E-state index contributed by atoms with van der Waals surface area (Å²) in [6, 6.07) is 12.8. The molecule has 0 spiro atoms. The van der Waals surface area contributed by atoms with Gasteiger partial charge in [-0.05, 0) is 42.5 Å². The molecule has 1 heterocycles. The minimum Gasteiger partial charge on any atom is -0.493 e. The molecule has 9 heteroatoms. The highest BCUT2D eigenvalue weighted by Gasteiger charge is 2.14. The van der Waals surface area contributed by atoms with Gasteiger partial charge in [0.15, 0.2) is 0 Å². The Morgan fingerprint density at radius 2 is 1.93 bits per heavy atom. The summed E-state index contributed by atoms with van der Waals surface area (Å²) < 4.78 is 0.925. The molecule has 0 bridgehead atoms. The number of amides is 1. The molecule has 0 fully saturated rings. The van der Waals surface area contributed by atoms with Gasteiger partial charge in [0.25, 0.3) is 5.56 Å². The number of aliphatic imine (C=N–C) groups is 1. The van der Waals surface area contributed by atoms with Crippen molar-refractivity contribution in [2.45, 2.75) is 6.92 Å². The molecule has 0 radical (unpaired) electrons. The molecule has 0 atom stereocenters. The van der Waals surface area contributed by atoms with Crippen LogP contribution in [0.4, 0.5) is 11.4 Å². The number of aromatic hydroxyl groups is 1. The molecule has 1 aromatic heterocycles. The van der Waals surface area contributed by atoms with Crippen molar-refractivity contribution in [2.75, 3.05) is 5.32 Å². The van der Waals surface area contributed by atoms with Gasteiger partial charge in [0.05, 0.1) is 11.4 Å². The second kappa shape index (κ2) is 7.93. The van der Waals surface area contributed by atoms with E-state index in [-0.39, 0.29) is 11.5 Å². The number of anilines is 1. The molecule has 3 N–H and O–H groups in total. The maximum absolute atomic E-state index is 12.1. The van der Waals surface area contributed by atoms with Gasteiger partial charge in [0.1, 0.15) is 5.56 Å². The molecule has 0 aliphatic carbocycles. The normalized spacial score (nSPS) is 10.9. The average molecular weight is 399 g/mol. The predicted molar refractivity (Wildman–Crippen MR) is 107 cm³/mol. The molecule has 8 nitrogen and oxygen atoms in total. The number of H-pyrrole nitrogens is 1. The van der Waals surface area contributed by atoms with Crippen molar-refractivity contribution in [1.82, 2.24) is 9.55 Å². The summed E-state index contributed by atoms with van der Waals surface area (Å²) in [7, 11) is 0. The molecule has 1 amide bonds. The number of hydrogen-bond donors (Lipinski definition) is 3. The summed E-state index contributed by atoms with van der Waals surface area (Å²) in [5, 5.41) is 13.5. The Labute approximate surface area is 163 Å². The first-order valence-electron chi connectivity index (χ1n) is 8.11. The monoisotopic (exact) mass is 398 g/mol. The van der Waals surface area contributed by atoms with Crippen LogP contribution in [0, 0.1) is 0 Å². The van der Waals surface area contributed by atoms with E-state index in [0.717, 1.165) is 10.8 Å². The van der Waals surface area contributed by atoms with Crippen molar-refractivity contribution in [3.05, 3.63) is 80.0 Å². The highest BCUT2D eigenvalue weighted by atomic mass is 35.5. The van der Waals surface area contributed by atoms with E-state index in [4.69, 9.17) is 11.6 Å². The minimum absolute atomic E-state index is 0.189. The zero-order valence-corrected chi connectivity index (χ0v) is 15.4. The van der Waals surface area contributed by atoms with Gasteiger partial charge in [-0.2, -0.15) is 0 Å². The van der Waals surface area contributed by atoms with Gasteiger partial charge >= 0.3 is 5.69 Å². The van der Waals surface area contributed by atoms with Crippen LogP contribution >= 0.6 is 11.6 Å². The van der Waals surface area contributed by atoms with Crippen LogP contribution in [0.2, 0.25) is 5.02 Å². The highest BCUT2D eigenvalue weighted by molar-refractivity contribution is 6.30. The summed E-state index contributed by atoms with van der Waals surface area (Å²) in [4.78, 5) is 41.6. The number of nitrogens with zero attached hydrogens (tertiary/aromatic N) is 2. The van der Waals surface area contributed by atoms with Gasteiger partial charge in [0.2, 0.25) is 11.8 Å². The number of carbonyl (C=O) groups excluding carboxylic acids is 1. The van der Waals surface area contributed by atoms with E-state index < -0.39 is 17.1 Å². The molecule has 3 aromatic rings. The first kappa shape index (κ1) is 19.1. The fourth-order valence-corrected chi connectivity index (χ4v) is 2.67. The van der Waals surface area contributed by atoms with Gasteiger partial charge < -0.3 is 10.4 Å². The van der Waals surface area contributed by atoms with Gasteiger partial charge in [-0.1, -0.05) is 17.7 Å². The lowest BCUT2D eigenvalue weighted by Crippen LogP contribution is -2.31. The van der Waals surface area contributed by atoms with E-state index in [1.165, 1.54) is 13.0 Å². The molecular formula is C19H15ClN4O4. The molecule has 0 aliphatic rings. The van der Waals surface area contributed by atoms with Gasteiger partial charge in [-0.15, -0.1) is 0 Å². The van der Waals surface area contributed by atoms with E-state index in [2.05, 4.69) is 15.3 Å². The highest BCUT2D eigenvalue weighted by Crippen LogP contribution is 2.20. The van der Waals surface area contributed by atoms with Crippen molar-refractivity contribution in [2.24, 2.45) is 4.99 Å². The third-order valence-corrected chi connectivity index (χ3v) is 3.95. The Balaban J connectivity index is 1.99. The van der Waals surface area contributed by atoms with Crippen LogP contribution in [-0.2, 0) is 4.79 Å². The lowest BCUT2D eigenvalue weighted by molar-refractivity contribution is -0.114. The average Bonchev–Trinajstić information content (AvgIpc) is 2.62. The lowest BCUT2D eigenvalue weighted by Gasteiger charge is -2.09. The van der Waals surface area contributed by atoms with E-state index >= 15 is 0 Å². The minimum atomic E-state index is -0.804. The fraction of sp³-hybridized carbons (Fsp3) is 0.0526. The van der Waals surface area contributed by atoms with Crippen LogP contribution in [0.15, 0.2) is 63.1 Å². The molecule has 2 aromatic carbocycles. The standard InChI is InChI=1S/C19H15ClN4O4/c1-11(25)22-14-7-5-13(6-8-14)21-10-16-17(26)23-19(28)24(18(16)27)15-4-2-3-12(20)9-15/h2-10,27H,1H3,(H,22,25)(H,23,26,28). The topological polar surface area (TPSA) is 117 Å². The van der Waals surface area contributed by atoms with E-state index in [9.17, 15) is 19.5 Å². The SMILES string of the molecule is CC(=O)Nc1ccc(N=Cc2c(O)n(-c3cccc(Cl)c3)c(=O)[nH]c2=O)cc1. The number of benzene rings is 2. The lowest BCUT2D eigenvalue weighted by atomic mass is 10.2. The Bertz CT molecular complexity index is 1180. The van der Waals surface area contributed by atoms with Crippen LogP contribution in [0.5, 0.6) is 5.88 Å². The number of aromatic nitrogens is 2. The van der Waals surface area contributed by atoms with Crippen molar-refractivity contribution in [1.29, 1.82) is 0 Å². The molecule has 0 saturated carbocycles. The molecular weight excluding hydrogens is 384 g/mol. The first-order valence-corrected chi connectivity index (χ1v) is 8.49. The van der Waals surface area contributed by atoms with Crippen LogP contribution < -0.4 is 16.6 Å². The van der Waals surface area contributed by atoms with Crippen molar-refractivity contribution < 1.29 is 9.90 Å². The van der Waals surface area contributed by atoms with E-state index in [0.29, 0.717) is 22.1 Å². The van der Waals surface area contributed by atoms with E-state index in [1.54, 1.807) is 42.5 Å². The third kappa shape index (κ3) is 4.18. The number of rotatable bonds is 4. The van der Waals surface area contributed by atoms with Gasteiger partial charge in [0, 0.05) is 23.8 Å². The Morgan fingerprint density at radius 3 is 2.57 bits per heavy atom. The molecule has 0 saturated heterocycles. The van der Waals surface area contributed by atoms with Crippen molar-refractivity contribution in [3.63, 3.8) is 0 Å². The maximum Gasteiger partial charge on any atom is 0.335 e. The quantitative estimate of drug-likeness (QED) is 0.585. The Morgan fingerprint density at radius 1 is 1.21 bits per heavy atom. The Kier molecular flexibility index (Phi) is 5.42. The molecule has 3 rings (SSSR count). The van der Waals surface area contributed by atoms with Crippen LogP contribution in [0.3, 0.4) is 0 Å². The number of nitrogens with one attached hydrogen (secondary N) is 2. The van der Waals surface area contributed by atoms with Crippen molar-refractivity contribution in [3.8, 4) is 11.6 Å². The zero-order valence-electron chi connectivity index (χ0n) is 14.6. The predicted octanol–water partition coefficient (Wildman–Crippen LogP) is 2.59. The molecule has 0 unspecified atom stereocenters. The Hall–Kier alpha value is -3.65. The third-order valence-electron chi connectivity index (χ3n) is 3.72. The number of carbonyl (C=O) groups is 1. The second-order valence-electron chi connectivity index (χ2n) is 5.80. The summed E-state index contributed by atoms with van der Waals surface area (Å²) in [6.07, 6.45) is 1.15. The van der Waals surface area contributed by atoms with Crippen LogP contribution in [0.25, 0.3) is 5.69 Å². The first-order chi connectivity index (χ1) is 13.3. The number of hydrogen-bond acceptors (Lipinski definition) is 5. The summed E-state index contributed by atoms with van der Waals surface area (Å²) in [5.74, 6) is -0.759. The summed E-state index contributed by atoms with van der Waals surface area (Å²) in [5.41, 5.74) is -0.401. The van der Waals surface area contributed by atoms with Gasteiger partial charge in [-0.3, -0.25) is 19.6 Å². The van der Waals surface area contributed by atoms with Gasteiger partial charge in [-0.25, -0.2) is 9.36 Å². The molecule has 0 aliphatic heterocycles. The fourth-order valence-electron chi connectivity index (χ4n) is 2.48.